The van der Waals surface area contributed by atoms with Crippen molar-refractivity contribution in [3.05, 3.63) is 26.6 Å². The second-order valence-corrected chi connectivity index (χ2v) is 8.11. The Hall–Kier alpha value is -1.09. The summed E-state index contributed by atoms with van der Waals surface area (Å²) >= 11 is 3.01. The Labute approximate surface area is 162 Å². The highest BCUT2D eigenvalue weighted by atomic mass is 35.5. The zero-order chi connectivity index (χ0) is 17.7. The molecule has 1 amide bonds. The summed E-state index contributed by atoms with van der Waals surface area (Å²) in [7, 11) is 0. The van der Waals surface area contributed by atoms with Gasteiger partial charge < -0.3 is 15.6 Å². The second kappa shape index (κ2) is 10.2. The number of nitrogens with zero attached hydrogens (tertiary/aromatic N) is 1. The maximum atomic E-state index is 12.2. The van der Waals surface area contributed by atoms with E-state index in [1.807, 2.05) is 27.7 Å². The number of carbonyl (C=O) groups excluding carboxylic acids is 1. The Morgan fingerprint density at radius 2 is 2.08 bits per heavy atom. The molecule has 0 aliphatic rings. The number of H-pyrrole nitrogens is 1. The fraction of sp³-hybridized carbons (Fsp3) is 0.562. The number of thioether (sulfide) groups is 1. The molecular formula is C16H25ClN4O2S2. The van der Waals surface area contributed by atoms with Gasteiger partial charge in [-0.1, -0.05) is 6.92 Å². The minimum Gasteiger partial charge on any atom is -0.354 e. The van der Waals surface area contributed by atoms with Crippen LogP contribution < -0.4 is 16.2 Å². The number of amides is 1. The van der Waals surface area contributed by atoms with Gasteiger partial charge in [-0.25, -0.2) is 4.98 Å². The summed E-state index contributed by atoms with van der Waals surface area (Å²) in [6.45, 7) is 10.1. The quantitative estimate of drug-likeness (QED) is 0.588. The lowest BCUT2D eigenvalue weighted by Gasteiger charge is -2.11. The zero-order valence-electron chi connectivity index (χ0n) is 14.9. The molecule has 2 aromatic rings. The van der Waals surface area contributed by atoms with Crippen LogP contribution in [0.4, 0.5) is 0 Å². The molecule has 9 heteroatoms. The monoisotopic (exact) mass is 404 g/mol. The van der Waals surface area contributed by atoms with E-state index in [1.54, 1.807) is 0 Å². The van der Waals surface area contributed by atoms with E-state index in [9.17, 15) is 9.59 Å². The third kappa shape index (κ3) is 5.70. The smallest absolute Gasteiger partial charge is 0.259 e. The van der Waals surface area contributed by atoms with E-state index in [0.717, 1.165) is 28.4 Å². The van der Waals surface area contributed by atoms with Crippen molar-refractivity contribution in [3.63, 3.8) is 0 Å². The van der Waals surface area contributed by atoms with Gasteiger partial charge in [-0.05, 0) is 32.9 Å². The first kappa shape index (κ1) is 22.0. The van der Waals surface area contributed by atoms with E-state index in [4.69, 9.17) is 0 Å². The molecule has 140 valence electrons. The van der Waals surface area contributed by atoms with Crippen LogP contribution in [0.2, 0.25) is 0 Å². The molecule has 2 rings (SSSR count). The second-order valence-electron chi connectivity index (χ2n) is 5.57. The Morgan fingerprint density at radius 1 is 1.36 bits per heavy atom. The maximum absolute atomic E-state index is 12.2. The first-order valence-corrected chi connectivity index (χ1v) is 9.89. The van der Waals surface area contributed by atoms with E-state index >= 15 is 0 Å². The fourth-order valence-corrected chi connectivity index (χ4v) is 4.07. The number of aromatic amines is 1. The van der Waals surface area contributed by atoms with E-state index in [2.05, 4.69) is 20.6 Å². The lowest BCUT2D eigenvalue weighted by atomic mass is 10.2. The van der Waals surface area contributed by atoms with Crippen molar-refractivity contribution in [2.24, 2.45) is 0 Å². The molecule has 0 saturated heterocycles. The van der Waals surface area contributed by atoms with Gasteiger partial charge in [0.2, 0.25) is 5.91 Å². The Morgan fingerprint density at radius 3 is 2.76 bits per heavy atom. The van der Waals surface area contributed by atoms with Crippen molar-refractivity contribution < 1.29 is 4.79 Å². The number of nitrogens with one attached hydrogen (secondary N) is 3. The number of aromatic nitrogens is 2. The number of likely N-dealkylation sites (N-methyl/N-ethyl adjacent to an activating group) is 1. The molecule has 3 N–H and O–H groups in total. The van der Waals surface area contributed by atoms with Crippen molar-refractivity contribution in [1.29, 1.82) is 0 Å². The van der Waals surface area contributed by atoms with Gasteiger partial charge in [0.15, 0.2) is 0 Å². The van der Waals surface area contributed by atoms with E-state index in [0.29, 0.717) is 23.5 Å². The molecule has 2 aromatic heterocycles. The highest BCUT2D eigenvalue weighted by molar-refractivity contribution is 7.99. The molecule has 6 nitrogen and oxygen atoms in total. The number of hydrogen-bond acceptors (Lipinski definition) is 6. The Balaban J connectivity index is 0.00000312. The summed E-state index contributed by atoms with van der Waals surface area (Å²) < 4.78 is 0. The van der Waals surface area contributed by atoms with Gasteiger partial charge in [0.1, 0.15) is 10.7 Å². The van der Waals surface area contributed by atoms with Crippen LogP contribution in [0.3, 0.4) is 0 Å². The van der Waals surface area contributed by atoms with Crippen molar-refractivity contribution in [2.75, 3.05) is 19.6 Å². The fourth-order valence-electron chi connectivity index (χ4n) is 2.24. The predicted octanol–water partition coefficient (Wildman–Crippen LogP) is 2.37. The molecule has 0 spiro atoms. The zero-order valence-corrected chi connectivity index (χ0v) is 17.3. The van der Waals surface area contributed by atoms with Crippen LogP contribution >= 0.6 is 35.5 Å². The molecule has 0 aliphatic carbocycles. The molecule has 0 aromatic carbocycles. The molecule has 2 heterocycles. The molecule has 0 fully saturated rings. The number of rotatable bonds is 8. The minimum atomic E-state index is -0.195. The van der Waals surface area contributed by atoms with Crippen LogP contribution in [-0.4, -0.2) is 40.8 Å². The van der Waals surface area contributed by atoms with Crippen LogP contribution in [-0.2, 0) is 10.5 Å². The Kier molecular flexibility index (Phi) is 8.92. The SMILES string of the molecule is CCNCCNC(=O)C(C)SCc1nc2sc(C)c(C)c2c(=O)[nH]1.Cl. The summed E-state index contributed by atoms with van der Waals surface area (Å²) in [6.07, 6.45) is 0. The van der Waals surface area contributed by atoms with E-state index in [-0.39, 0.29) is 29.1 Å². The van der Waals surface area contributed by atoms with E-state index in [1.165, 1.54) is 23.1 Å². The van der Waals surface area contributed by atoms with Crippen LogP contribution in [0.1, 0.15) is 30.1 Å². The first-order chi connectivity index (χ1) is 11.4. The Bertz CT molecular complexity index is 775. The molecule has 0 aliphatic heterocycles. The van der Waals surface area contributed by atoms with Gasteiger partial charge in [0, 0.05) is 18.0 Å². The van der Waals surface area contributed by atoms with Gasteiger partial charge in [0.25, 0.3) is 5.56 Å². The largest absolute Gasteiger partial charge is 0.354 e. The third-order valence-corrected chi connectivity index (χ3v) is 6.03. The summed E-state index contributed by atoms with van der Waals surface area (Å²) in [4.78, 5) is 33.5. The van der Waals surface area contributed by atoms with Crippen LogP contribution in [0.25, 0.3) is 10.2 Å². The number of fused-ring (bicyclic) bond motifs is 1. The lowest BCUT2D eigenvalue weighted by Crippen LogP contribution is -2.36. The van der Waals surface area contributed by atoms with Crippen molar-refractivity contribution >= 4 is 51.6 Å². The third-order valence-electron chi connectivity index (χ3n) is 3.78. The van der Waals surface area contributed by atoms with Crippen molar-refractivity contribution in [1.82, 2.24) is 20.6 Å². The predicted molar refractivity (Wildman–Crippen MR) is 109 cm³/mol. The van der Waals surface area contributed by atoms with Crippen LogP contribution in [0.15, 0.2) is 4.79 Å². The maximum Gasteiger partial charge on any atom is 0.259 e. The average Bonchev–Trinajstić information content (AvgIpc) is 2.84. The summed E-state index contributed by atoms with van der Waals surface area (Å²) in [6, 6.07) is 0. The van der Waals surface area contributed by atoms with Gasteiger partial charge in [-0.15, -0.1) is 35.5 Å². The summed E-state index contributed by atoms with van der Waals surface area (Å²) in [5, 5.41) is 6.54. The molecule has 0 saturated carbocycles. The lowest BCUT2D eigenvalue weighted by molar-refractivity contribution is -0.120. The number of aryl methyl sites for hydroxylation is 2. The van der Waals surface area contributed by atoms with Crippen LogP contribution in [0.5, 0.6) is 0 Å². The molecule has 1 atom stereocenters. The van der Waals surface area contributed by atoms with Crippen LogP contribution in [0, 0.1) is 13.8 Å². The first-order valence-electron chi connectivity index (χ1n) is 8.03. The van der Waals surface area contributed by atoms with Gasteiger partial charge >= 0.3 is 0 Å². The number of thiophene rings is 1. The topological polar surface area (TPSA) is 86.9 Å². The summed E-state index contributed by atoms with van der Waals surface area (Å²) in [5.41, 5.74) is 0.900. The highest BCUT2D eigenvalue weighted by Crippen LogP contribution is 2.26. The molecule has 0 bridgehead atoms. The van der Waals surface area contributed by atoms with Gasteiger partial charge in [-0.3, -0.25) is 9.59 Å². The summed E-state index contributed by atoms with van der Waals surface area (Å²) in [5.74, 6) is 1.12. The number of halogens is 1. The molecular weight excluding hydrogens is 380 g/mol. The standard InChI is InChI=1S/C16H24N4O2S2.ClH/c1-5-17-6-7-18-14(21)11(4)23-8-12-19-15(22)13-9(2)10(3)24-16(13)20-12;/h11,17H,5-8H2,1-4H3,(H,18,21)(H,19,20,22);1H. The van der Waals surface area contributed by atoms with E-state index < -0.39 is 0 Å². The van der Waals surface area contributed by atoms with Crippen molar-refractivity contribution in [2.45, 2.75) is 38.7 Å². The number of hydrogen-bond donors (Lipinski definition) is 3. The highest BCUT2D eigenvalue weighted by Gasteiger charge is 2.15. The molecule has 1 unspecified atom stereocenters. The molecule has 25 heavy (non-hydrogen) atoms. The normalized spacial score (nSPS) is 12.0. The number of carbonyl (C=O) groups is 1. The minimum absolute atomic E-state index is 0. The van der Waals surface area contributed by atoms with Crippen molar-refractivity contribution in [3.8, 4) is 0 Å². The van der Waals surface area contributed by atoms with Gasteiger partial charge in [-0.2, -0.15) is 0 Å². The molecule has 0 radical (unpaired) electrons. The van der Waals surface area contributed by atoms with Gasteiger partial charge in [0.05, 0.1) is 16.4 Å². The average molecular weight is 405 g/mol.